The molecule has 3 heteroatoms. The van der Waals surface area contributed by atoms with Crippen LogP contribution < -0.4 is 10.6 Å². The highest BCUT2D eigenvalue weighted by molar-refractivity contribution is 5.83. The molecule has 19 heavy (non-hydrogen) atoms. The molecule has 0 bridgehead atoms. The van der Waals surface area contributed by atoms with Crippen LogP contribution in [0.25, 0.3) is 0 Å². The first kappa shape index (κ1) is 14.8. The third kappa shape index (κ3) is 3.71. The molecule has 110 valence electrons. The maximum absolute atomic E-state index is 12.5. The first-order valence-corrected chi connectivity index (χ1v) is 8.04. The molecule has 1 saturated heterocycles. The Balaban J connectivity index is 1.88. The highest BCUT2D eigenvalue weighted by Crippen LogP contribution is 2.31. The van der Waals surface area contributed by atoms with Gasteiger partial charge in [0.1, 0.15) is 0 Å². The van der Waals surface area contributed by atoms with Crippen molar-refractivity contribution in [1.82, 2.24) is 10.6 Å². The Morgan fingerprint density at radius 2 is 1.89 bits per heavy atom. The SMILES string of the molecule is CC(NC(=O)C1NCCCC1(C)C)C1CCCCC1. The van der Waals surface area contributed by atoms with Crippen molar-refractivity contribution in [1.29, 1.82) is 0 Å². The molecule has 1 heterocycles. The molecule has 0 spiro atoms. The van der Waals surface area contributed by atoms with Crippen LogP contribution in [0.3, 0.4) is 0 Å². The van der Waals surface area contributed by atoms with Crippen molar-refractivity contribution in [2.75, 3.05) is 6.54 Å². The Bertz CT molecular complexity index is 308. The fourth-order valence-electron chi connectivity index (χ4n) is 3.72. The molecule has 0 aromatic rings. The standard InChI is InChI=1S/C16H30N2O/c1-12(13-8-5-4-6-9-13)18-15(19)14-16(2,3)10-7-11-17-14/h12-14,17H,4-11H2,1-3H3,(H,18,19). The van der Waals surface area contributed by atoms with Crippen molar-refractivity contribution in [3.8, 4) is 0 Å². The Kier molecular flexibility index (Phi) is 4.88. The molecule has 2 aliphatic rings. The van der Waals surface area contributed by atoms with Gasteiger partial charge in [-0.05, 0) is 50.5 Å². The second kappa shape index (κ2) is 6.25. The van der Waals surface area contributed by atoms with E-state index in [1.165, 1.54) is 38.5 Å². The number of rotatable bonds is 3. The second-order valence-electron chi connectivity index (χ2n) is 7.17. The molecule has 1 amide bonds. The Morgan fingerprint density at radius 1 is 1.21 bits per heavy atom. The minimum Gasteiger partial charge on any atom is -0.352 e. The van der Waals surface area contributed by atoms with E-state index in [-0.39, 0.29) is 17.4 Å². The van der Waals surface area contributed by atoms with Crippen LogP contribution in [-0.2, 0) is 4.79 Å². The van der Waals surface area contributed by atoms with Gasteiger partial charge >= 0.3 is 0 Å². The van der Waals surface area contributed by atoms with Crippen LogP contribution in [0, 0.1) is 11.3 Å². The third-order valence-corrected chi connectivity index (χ3v) is 5.12. The van der Waals surface area contributed by atoms with Crippen molar-refractivity contribution in [2.24, 2.45) is 11.3 Å². The van der Waals surface area contributed by atoms with Crippen LogP contribution >= 0.6 is 0 Å². The number of carbonyl (C=O) groups is 1. The number of hydrogen-bond acceptors (Lipinski definition) is 2. The average Bonchev–Trinajstić information content (AvgIpc) is 2.39. The molecule has 1 saturated carbocycles. The van der Waals surface area contributed by atoms with E-state index in [9.17, 15) is 4.79 Å². The van der Waals surface area contributed by atoms with E-state index < -0.39 is 0 Å². The van der Waals surface area contributed by atoms with Crippen LogP contribution in [0.15, 0.2) is 0 Å². The summed E-state index contributed by atoms with van der Waals surface area (Å²) >= 11 is 0. The van der Waals surface area contributed by atoms with E-state index in [0.29, 0.717) is 12.0 Å². The molecule has 3 nitrogen and oxygen atoms in total. The zero-order valence-electron chi connectivity index (χ0n) is 12.8. The van der Waals surface area contributed by atoms with Gasteiger partial charge in [-0.3, -0.25) is 4.79 Å². The molecule has 0 aromatic carbocycles. The first-order chi connectivity index (χ1) is 9.00. The molecule has 2 rings (SSSR count). The average molecular weight is 266 g/mol. The van der Waals surface area contributed by atoms with Crippen molar-refractivity contribution in [3.63, 3.8) is 0 Å². The zero-order valence-corrected chi connectivity index (χ0v) is 12.8. The summed E-state index contributed by atoms with van der Waals surface area (Å²) in [7, 11) is 0. The number of piperidine rings is 1. The molecule has 1 aliphatic carbocycles. The number of nitrogens with one attached hydrogen (secondary N) is 2. The van der Waals surface area contributed by atoms with Gasteiger partial charge in [-0.2, -0.15) is 0 Å². The fraction of sp³-hybridized carbons (Fsp3) is 0.938. The predicted molar refractivity (Wildman–Crippen MR) is 79.0 cm³/mol. The molecule has 0 radical (unpaired) electrons. The van der Waals surface area contributed by atoms with E-state index in [1.807, 2.05) is 0 Å². The first-order valence-electron chi connectivity index (χ1n) is 8.04. The fourth-order valence-corrected chi connectivity index (χ4v) is 3.72. The summed E-state index contributed by atoms with van der Waals surface area (Å²) in [4.78, 5) is 12.5. The van der Waals surface area contributed by atoms with Crippen molar-refractivity contribution < 1.29 is 4.79 Å². The molecule has 2 fully saturated rings. The largest absolute Gasteiger partial charge is 0.352 e. The topological polar surface area (TPSA) is 41.1 Å². The quantitative estimate of drug-likeness (QED) is 0.824. The van der Waals surface area contributed by atoms with Crippen molar-refractivity contribution >= 4 is 5.91 Å². The Labute approximate surface area is 117 Å². The lowest BCUT2D eigenvalue weighted by Gasteiger charge is -2.39. The van der Waals surface area contributed by atoms with Gasteiger partial charge in [0.25, 0.3) is 0 Å². The van der Waals surface area contributed by atoms with E-state index >= 15 is 0 Å². The summed E-state index contributed by atoms with van der Waals surface area (Å²) in [6.07, 6.45) is 8.90. The highest BCUT2D eigenvalue weighted by atomic mass is 16.2. The summed E-state index contributed by atoms with van der Waals surface area (Å²) in [5.74, 6) is 0.896. The normalized spacial score (nSPS) is 29.7. The van der Waals surface area contributed by atoms with E-state index in [2.05, 4.69) is 31.4 Å². The van der Waals surface area contributed by atoms with Crippen LogP contribution in [-0.4, -0.2) is 24.5 Å². The minimum atomic E-state index is -0.0210. The van der Waals surface area contributed by atoms with Crippen LogP contribution in [0.5, 0.6) is 0 Å². The molecule has 2 unspecified atom stereocenters. The van der Waals surface area contributed by atoms with Gasteiger partial charge in [0.05, 0.1) is 6.04 Å². The lowest BCUT2D eigenvalue weighted by atomic mass is 9.77. The predicted octanol–water partition coefficient (Wildman–Crippen LogP) is 2.85. The Hall–Kier alpha value is -0.570. The van der Waals surface area contributed by atoms with Crippen molar-refractivity contribution in [3.05, 3.63) is 0 Å². The highest BCUT2D eigenvalue weighted by Gasteiger charge is 2.37. The van der Waals surface area contributed by atoms with Gasteiger partial charge in [0.15, 0.2) is 0 Å². The number of amides is 1. The van der Waals surface area contributed by atoms with Gasteiger partial charge < -0.3 is 10.6 Å². The monoisotopic (exact) mass is 266 g/mol. The number of carbonyl (C=O) groups excluding carboxylic acids is 1. The van der Waals surface area contributed by atoms with E-state index in [4.69, 9.17) is 0 Å². The van der Waals surface area contributed by atoms with Crippen LogP contribution in [0.2, 0.25) is 0 Å². The van der Waals surface area contributed by atoms with Gasteiger partial charge in [-0.25, -0.2) is 0 Å². The molecule has 2 N–H and O–H groups in total. The summed E-state index contributed by atoms with van der Waals surface area (Å²) in [5.41, 5.74) is 0.0780. The van der Waals surface area contributed by atoms with Crippen LogP contribution in [0.1, 0.15) is 65.7 Å². The minimum absolute atomic E-state index is 0.0210. The lowest BCUT2D eigenvalue weighted by molar-refractivity contribution is -0.127. The summed E-state index contributed by atoms with van der Waals surface area (Å²) < 4.78 is 0. The molecular formula is C16H30N2O. The summed E-state index contributed by atoms with van der Waals surface area (Å²) in [6.45, 7) is 7.56. The Morgan fingerprint density at radius 3 is 2.53 bits per heavy atom. The van der Waals surface area contributed by atoms with Crippen LogP contribution in [0.4, 0.5) is 0 Å². The molecule has 1 aliphatic heterocycles. The maximum Gasteiger partial charge on any atom is 0.237 e. The van der Waals surface area contributed by atoms with Gasteiger partial charge in [0.2, 0.25) is 5.91 Å². The summed E-state index contributed by atoms with van der Waals surface area (Å²) in [5, 5.41) is 6.68. The molecular weight excluding hydrogens is 236 g/mol. The molecule has 0 aromatic heterocycles. The number of hydrogen-bond donors (Lipinski definition) is 2. The van der Waals surface area contributed by atoms with Gasteiger partial charge in [0, 0.05) is 6.04 Å². The maximum atomic E-state index is 12.5. The zero-order chi connectivity index (χ0) is 13.9. The lowest BCUT2D eigenvalue weighted by Crippen LogP contribution is -2.57. The smallest absolute Gasteiger partial charge is 0.237 e. The van der Waals surface area contributed by atoms with Crippen molar-refractivity contribution in [2.45, 2.75) is 77.8 Å². The third-order valence-electron chi connectivity index (χ3n) is 5.12. The van der Waals surface area contributed by atoms with E-state index in [0.717, 1.165) is 13.0 Å². The summed E-state index contributed by atoms with van der Waals surface area (Å²) in [6, 6.07) is 0.305. The van der Waals surface area contributed by atoms with Gasteiger partial charge in [-0.15, -0.1) is 0 Å². The second-order valence-corrected chi connectivity index (χ2v) is 7.17. The van der Waals surface area contributed by atoms with Gasteiger partial charge in [-0.1, -0.05) is 33.1 Å². The molecule has 2 atom stereocenters. The van der Waals surface area contributed by atoms with E-state index in [1.54, 1.807) is 0 Å².